The molecule has 160 valence electrons. The topological polar surface area (TPSA) is 61.4 Å². The third kappa shape index (κ3) is 3.61. The Morgan fingerprint density at radius 2 is 1.59 bits per heavy atom. The predicted molar refractivity (Wildman–Crippen MR) is 118 cm³/mol. The summed E-state index contributed by atoms with van der Waals surface area (Å²) >= 11 is 0. The van der Waals surface area contributed by atoms with Crippen molar-refractivity contribution in [1.29, 1.82) is 0 Å². The molecule has 2 aliphatic heterocycles. The second-order valence-corrected chi connectivity index (χ2v) is 11.5. The molecule has 0 radical (unpaired) electrons. The number of fused-ring (bicyclic) bond motifs is 4. The van der Waals surface area contributed by atoms with E-state index < -0.39 is 10.0 Å². The average Bonchev–Trinajstić information content (AvgIpc) is 3.35. The monoisotopic (exact) mass is 417 g/mol. The summed E-state index contributed by atoms with van der Waals surface area (Å²) in [5, 5.41) is 3.27. The highest BCUT2D eigenvalue weighted by Crippen LogP contribution is 2.39. The third-order valence-corrected chi connectivity index (χ3v) is 9.71. The standard InChI is InChI=1S/C23H35N3O2S/c1-2-26-18-8-5-9-19(26)14-20(13-18)29(27,28)25-15-24-23-21-10-3-6-16(21)12-17-7-4-11-22(17)23/h12,18-20,24-25H,2-11,13-15H2,1H3/t18-,19+,20?. The van der Waals surface area contributed by atoms with E-state index in [0.717, 1.165) is 45.1 Å². The normalized spacial score (nSPS) is 28.9. The van der Waals surface area contributed by atoms with Crippen molar-refractivity contribution in [2.45, 2.75) is 94.9 Å². The lowest BCUT2D eigenvalue weighted by Gasteiger charge is -2.48. The van der Waals surface area contributed by atoms with E-state index in [-0.39, 0.29) is 5.25 Å². The lowest BCUT2D eigenvalue weighted by molar-refractivity contribution is 0.0474. The number of piperidine rings is 2. The van der Waals surface area contributed by atoms with Gasteiger partial charge in [0.15, 0.2) is 0 Å². The van der Waals surface area contributed by atoms with Crippen molar-refractivity contribution in [2.24, 2.45) is 0 Å². The van der Waals surface area contributed by atoms with Gasteiger partial charge in [-0.25, -0.2) is 8.42 Å². The van der Waals surface area contributed by atoms with E-state index in [2.05, 4.69) is 27.9 Å². The van der Waals surface area contributed by atoms with Gasteiger partial charge in [-0.05, 0) is 93.0 Å². The molecule has 2 bridgehead atoms. The van der Waals surface area contributed by atoms with Crippen molar-refractivity contribution >= 4 is 15.7 Å². The van der Waals surface area contributed by atoms with Crippen LogP contribution in [0.1, 0.15) is 74.1 Å². The zero-order chi connectivity index (χ0) is 20.0. The minimum Gasteiger partial charge on any atom is -0.371 e. The number of sulfonamides is 1. The van der Waals surface area contributed by atoms with Crippen LogP contribution < -0.4 is 10.0 Å². The summed E-state index contributed by atoms with van der Waals surface area (Å²) in [6, 6.07) is 3.31. The first-order valence-corrected chi connectivity index (χ1v) is 13.3. The Bertz CT molecular complexity index is 836. The van der Waals surface area contributed by atoms with Crippen LogP contribution in [0.2, 0.25) is 0 Å². The van der Waals surface area contributed by atoms with E-state index in [1.807, 2.05) is 0 Å². The summed E-state index contributed by atoms with van der Waals surface area (Å²) in [4.78, 5) is 2.55. The molecule has 0 amide bonds. The lowest BCUT2D eigenvalue weighted by atomic mass is 9.84. The molecule has 0 saturated carbocycles. The lowest BCUT2D eigenvalue weighted by Crippen LogP contribution is -2.56. The Hall–Kier alpha value is -1.11. The van der Waals surface area contributed by atoms with Gasteiger partial charge in [-0.15, -0.1) is 0 Å². The van der Waals surface area contributed by atoms with Gasteiger partial charge in [0, 0.05) is 17.8 Å². The maximum atomic E-state index is 13.1. The summed E-state index contributed by atoms with van der Waals surface area (Å²) in [6.07, 6.45) is 12.1. The molecule has 1 unspecified atom stereocenters. The Morgan fingerprint density at radius 1 is 0.966 bits per heavy atom. The SMILES string of the molecule is CCN1[C@@H]2CCC[C@H]1CC(S(=O)(=O)NCNc1c3c(cc4c1CCC4)CCC3)C2. The Balaban J connectivity index is 1.27. The van der Waals surface area contributed by atoms with Crippen LogP contribution in [0.25, 0.3) is 0 Å². The summed E-state index contributed by atoms with van der Waals surface area (Å²) in [5.41, 5.74) is 7.09. The molecule has 2 saturated heterocycles. The van der Waals surface area contributed by atoms with Gasteiger partial charge in [-0.1, -0.05) is 19.4 Å². The van der Waals surface area contributed by atoms with Crippen LogP contribution in [0.15, 0.2) is 6.07 Å². The van der Waals surface area contributed by atoms with E-state index in [1.54, 1.807) is 0 Å². The molecule has 2 fully saturated rings. The van der Waals surface area contributed by atoms with Gasteiger partial charge in [0.05, 0.1) is 11.9 Å². The molecule has 1 aromatic rings. The molecule has 6 heteroatoms. The van der Waals surface area contributed by atoms with Gasteiger partial charge in [0.2, 0.25) is 10.0 Å². The number of anilines is 1. The van der Waals surface area contributed by atoms with Gasteiger partial charge < -0.3 is 5.32 Å². The van der Waals surface area contributed by atoms with Crippen LogP contribution in [0.5, 0.6) is 0 Å². The first kappa shape index (κ1) is 19.8. The molecule has 0 aromatic heterocycles. The minimum absolute atomic E-state index is 0.241. The van der Waals surface area contributed by atoms with Gasteiger partial charge in [0.25, 0.3) is 0 Å². The van der Waals surface area contributed by atoms with Crippen LogP contribution >= 0.6 is 0 Å². The summed E-state index contributed by atoms with van der Waals surface area (Å²) < 4.78 is 29.1. The number of aryl methyl sites for hydroxylation is 2. The number of nitrogens with one attached hydrogen (secondary N) is 2. The number of rotatable bonds is 6. The first-order chi connectivity index (χ1) is 14.1. The van der Waals surface area contributed by atoms with Crippen molar-refractivity contribution in [3.63, 3.8) is 0 Å². The molecule has 2 aliphatic carbocycles. The maximum Gasteiger partial charge on any atom is 0.216 e. The van der Waals surface area contributed by atoms with Crippen molar-refractivity contribution in [1.82, 2.24) is 9.62 Å². The van der Waals surface area contributed by atoms with E-state index >= 15 is 0 Å². The zero-order valence-corrected chi connectivity index (χ0v) is 18.5. The molecule has 29 heavy (non-hydrogen) atoms. The summed E-state index contributed by atoms with van der Waals surface area (Å²) in [7, 11) is -3.29. The van der Waals surface area contributed by atoms with Gasteiger partial charge in [-0.3, -0.25) is 4.90 Å². The molecule has 4 aliphatic rings. The molecule has 5 nitrogen and oxygen atoms in total. The Kier molecular flexibility index (Phi) is 5.37. The smallest absolute Gasteiger partial charge is 0.216 e. The van der Waals surface area contributed by atoms with Crippen LogP contribution in [0.3, 0.4) is 0 Å². The van der Waals surface area contributed by atoms with Gasteiger partial charge >= 0.3 is 0 Å². The molecule has 1 aromatic carbocycles. The van der Waals surface area contributed by atoms with Gasteiger partial charge in [0.1, 0.15) is 0 Å². The highest BCUT2D eigenvalue weighted by atomic mass is 32.2. The number of nitrogens with zero attached hydrogens (tertiary/aromatic N) is 1. The Morgan fingerprint density at radius 3 is 2.17 bits per heavy atom. The maximum absolute atomic E-state index is 13.1. The van der Waals surface area contributed by atoms with E-state index in [0.29, 0.717) is 18.8 Å². The highest BCUT2D eigenvalue weighted by Gasteiger charge is 2.42. The summed E-state index contributed by atoms with van der Waals surface area (Å²) in [5.74, 6) is 0. The number of hydrogen-bond acceptors (Lipinski definition) is 4. The zero-order valence-electron chi connectivity index (χ0n) is 17.7. The molecule has 3 atom stereocenters. The fourth-order valence-corrected chi connectivity index (χ4v) is 8.03. The van der Waals surface area contributed by atoms with Gasteiger partial charge in [-0.2, -0.15) is 4.72 Å². The first-order valence-electron chi connectivity index (χ1n) is 11.7. The fourth-order valence-electron chi connectivity index (χ4n) is 6.57. The minimum atomic E-state index is -3.29. The van der Waals surface area contributed by atoms with Crippen LogP contribution in [0, 0.1) is 0 Å². The van der Waals surface area contributed by atoms with Crippen LogP contribution in [-0.2, 0) is 35.7 Å². The van der Waals surface area contributed by atoms with Crippen molar-refractivity contribution < 1.29 is 8.42 Å². The third-order valence-electron chi connectivity index (χ3n) is 7.90. The molecule has 2 N–H and O–H groups in total. The van der Waals surface area contributed by atoms with Crippen LogP contribution in [-0.4, -0.2) is 43.9 Å². The molecule has 0 spiro atoms. The van der Waals surface area contributed by atoms with Crippen LogP contribution in [0.4, 0.5) is 5.69 Å². The fraction of sp³-hybridized carbons (Fsp3) is 0.739. The average molecular weight is 418 g/mol. The second-order valence-electron chi connectivity index (χ2n) is 9.44. The van der Waals surface area contributed by atoms with Crippen molar-refractivity contribution in [3.05, 3.63) is 28.3 Å². The number of benzene rings is 1. The number of hydrogen-bond donors (Lipinski definition) is 2. The molecular formula is C23H35N3O2S. The summed E-state index contributed by atoms with van der Waals surface area (Å²) in [6.45, 7) is 3.56. The largest absolute Gasteiger partial charge is 0.371 e. The molecule has 2 heterocycles. The Labute approximate surface area is 175 Å². The quantitative estimate of drug-likeness (QED) is 0.697. The highest BCUT2D eigenvalue weighted by molar-refractivity contribution is 7.90. The molecular weight excluding hydrogens is 382 g/mol. The van der Waals surface area contributed by atoms with E-state index in [1.165, 1.54) is 60.0 Å². The second kappa shape index (κ2) is 7.86. The van der Waals surface area contributed by atoms with E-state index in [9.17, 15) is 8.42 Å². The van der Waals surface area contributed by atoms with E-state index in [4.69, 9.17) is 0 Å². The van der Waals surface area contributed by atoms with Crippen molar-refractivity contribution in [2.75, 3.05) is 18.5 Å². The molecule has 5 rings (SSSR count). The van der Waals surface area contributed by atoms with Crippen molar-refractivity contribution in [3.8, 4) is 0 Å². The predicted octanol–water partition coefficient (Wildman–Crippen LogP) is 3.36.